The van der Waals surface area contributed by atoms with Gasteiger partial charge < -0.3 is 4.52 Å². The van der Waals surface area contributed by atoms with Gasteiger partial charge in [0.25, 0.3) is 0 Å². The molecular formula is C20H14Cl2N4OS. The molecule has 0 atom stereocenters. The van der Waals surface area contributed by atoms with Crippen molar-refractivity contribution in [2.45, 2.75) is 6.92 Å². The molecule has 4 aromatic rings. The molecule has 2 heterocycles. The average molecular weight is 429 g/mol. The first-order chi connectivity index (χ1) is 13.6. The zero-order valence-electron chi connectivity index (χ0n) is 14.7. The molecule has 0 aliphatic carbocycles. The first-order valence-corrected chi connectivity index (χ1v) is 9.97. The molecule has 2 aromatic heterocycles. The predicted molar refractivity (Wildman–Crippen MR) is 115 cm³/mol. The summed E-state index contributed by atoms with van der Waals surface area (Å²) in [7, 11) is 0. The number of benzene rings is 2. The summed E-state index contributed by atoms with van der Waals surface area (Å²) in [4.78, 5) is 4.60. The van der Waals surface area contributed by atoms with Crippen molar-refractivity contribution in [2.24, 2.45) is 5.10 Å². The second-order valence-corrected chi connectivity index (χ2v) is 7.61. The van der Waals surface area contributed by atoms with Crippen molar-refractivity contribution in [3.8, 4) is 22.5 Å². The summed E-state index contributed by atoms with van der Waals surface area (Å²) < 4.78 is 5.41. The normalized spacial score (nSPS) is 11.2. The van der Waals surface area contributed by atoms with Crippen LogP contribution >= 0.6 is 34.5 Å². The number of nitrogens with one attached hydrogen (secondary N) is 1. The molecule has 0 aliphatic heterocycles. The molecule has 28 heavy (non-hydrogen) atoms. The second kappa shape index (κ2) is 8.14. The van der Waals surface area contributed by atoms with Gasteiger partial charge in [0.1, 0.15) is 11.5 Å². The Bertz CT molecular complexity index is 1140. The number of thiazole rings is 1. The highest BCUT2D eigenvalue weighted by molar-refractivity contribution is 7.14. The third-order valence-electron chi connectivity index (χ3n) is 3.98. The maximum Gasteiger partial charge on any atom is 0.203 e. The van der Waals surface area contributed by atoms with Crippen LogP contribution < -0.4 is 5.43 Å². The number of rotatable bonds is 5. The summed E-state index contributed by atoms with van der Waals surface area (Å²) in [5.74, 6) is 0.658. The van der Waals surface area contributed by atoms with Crippen LogP contribution in [0.1, 0.15) is 11.3 Å². The number of nitrogens with zero attached hydrogens (tertiary/aromatic N) is 3. The van der Waals surface area contributed by atoms with E-state index in [1.807, 2.05) is 48.7 Å². The number of halogens is 2. The van der Waals surface area contributed by atoms with Gasteiger partial charge >= 0.3 is 0 Å². The summed E-state index contributed by atoms with van der Waals surface area (Å²) >= 11 is 13.8. The van der Waals surface area contributed by atoms with E-state index in [4.69, 9.17) is 27.7 Å². The Hall–Kier alpha value is -2.67. The van der Waals surface area contributed by atoms with Gasteiger partial charge in [-0.05, 0) is 30.7 Å². The molecule has 4 rings (SSSR count). The molecule has 0 spiro atoms. The van der Waals surface area contributed by atoms with Gasteiger partial charge in [-0.3, -0.25) is 5.43 Å². The highest BCUT2D eigenvalue weighted by Gasteiger charge is 2.21. The van der Waals surface area contributed by atoms with Crippen LogP contribution in [-0.2, 0) is 0 Å². The maximum atomic E-state index is 6.35. The molecule has 0 saturated carbocycles. The highest BCUT2D eigenvalue weighted by Crippen LogP contribution is 2.39. The summed E-state index contributed by atoms with van der Waals surface area (Å²) in [6.45, 7) is 1.84. The van der Waals surface area contributed by atoms with Gasteiger partial charge in [-0.1, -0.05) is 58.7 Å². The fraction of sp³-hybridized carbons (Fsp3) is 0.0500. The van der Waals surface area contributed by atoms with Gasteiger partial charge in [-0.15, -0.1) is 11.3 Å². The van der Waals surface area contributed by atoms with Crippen molar-refractivity contribution in [1.82, 2.24) is 10.1 Å². The average Bonchev–Trinajstić information content (AvgIpc) is 3.29. The van der Waals surface area contributed by atoms with E-state index in [1.165, 1.54) is 11.3 Å². The van der Waals surface area contributed by atoms with Crippen LogP contribution in [0.2, 0.25) is 10.0 Å². The fourth-order valence-electron chi connectivity index (χ4n) is 2.68. The molecular weight excluding hydrogens is 415 g/mol. The van der Waals surface area contributed by atoms with Gasteiger partial charge in [0, 0.05) is 16.0 Å². The molecule has 0 fully saturated rings. The zero-order chi connectivity index (χ0) is 19.5. The number of hydrogen-bond acceptors (Lipinski definition) is 6. The Morgan fingerprint density at radius 2 is 1.96 bits per heavy atom. The van der Waals surface area contributed by atoms with Gasteiger partial charge in [0.15, 0.2) is 0 Å². The van der Waals surface area contributed by atoms with E-state index in [-0.39, 0.29) is 0 Å². The van der Waals surface area contributed by atoms with E-state index in [1.54, 1.807) is 18.3 Å². The van der Waals surface area contributed by atoms with Gasteiger partial charge in [0.2, 0.25) is 5.13 Å². The van der Waals surface area contributed by atoms with Crippen molar-refractivity contribution < 1.29 is 4.52 Å². The number of hydrogen-bond donors (Lipinski definition) is 1. The lowest BCUT2D eigenvalue weighted by molar-refractivity contribution is 0.400. The number of aryl methyl sites for hydroxylation is 1. The largest absolute Gasteiger partial charge is 0.360 e. The van der Waals surface area contributed by atoms with Crippen molar-refractivity contribution in [1.29, 1.82) is 0 Å². The minimum absolute atomic E-state index is 0.503. The minimum Gasteiger partial charge on any atom is -0.360 e. The first kappa shape index (κ1) is 18.7. The molecule has 140 valence electrons. The van der Waals surface area contributed by atoms with E-state index in [0.29, 0.717) is 26.6 Å². The second-order valence-electron chi connectivity index (χ2n) is 5.91. The Kier molecular flexibility index (Phi) is 5.43. The van der Waals surface area contributed by atoms with E-state index in [9.17, 15) is 0 Å². The molecule has 0 bridgehead atoms. The SMILES string of the molecule is Cc1onc(-c2ccc(Cl)cc2Cl)c1-c1csc(N/N=C\c2ccccc2)n1. The molecule has 5 nitrogen and oxygen atoms in total. The lowest BCUT2D eigenvalue weighted by Gasteiger charge is -2.03. The molecule has 0 amide bonds. The van der Waals surface area contributed by atoms with Crippen LogP contribution in [-0.4, -0.2) is 16.4 Å². The molecule has 0 aliphatic rings. The molecule has 0 unspecified atom stereocenters. The minimum atomic E-state index is 0.503. The Labute approximate surface area is 175 Å². The number of anilines is 1. The Balaban J connectivity index is 1.61. The van der Waals surface area contributed by atoms with E-state index in [0.717, 1.165) is 22.4 Å². The quantitative estimate of drug-likeness (QED) is 0.290. The van der Waals surface area contributed by atoms with Crippen LogP contribution in [0.5, 0.6) is 0 Å². The lowest BCUT2D eigenvalue weighted by atomic mass is 10.0. The first-order valence-electron chi connectivity index (χ1n) is 8.33. The number of aromatic nitrogens is 2. The fourth-order valence-corrected chi connectivity index (χ4v) is 3.83. The molecule has 8 heteroatoms. The summed E-state index contributed by atoms with van der Waals surface area (Å²) in [5, 5.41) is 12.1. The van der Waals surface area contributed by atoms with Crippen LogP contribution in [0.15, 0.2) is 63.5 Å². The molecule has 2 aromatic carbocycles. The smallest absolute Gasteiger partial charge is 0.203 e. The van der Waals surface area contributed by atoms with Crippen LogP contribution in [0.4, 0.5) is 5.13 Å². The van der Waals surface area contributed by atoms with Crippen molar-refractivity contribution >= 4 is 45.9 Å². The third-order valence-corrected chi connectivity index (χ3v) is 5.28. The Morgan fingerprint density at radius 3 is 2.75 bits per heavy atom. The zero-order valence-corrected chi connectivity index (χ0v) is 17.0. The predicted octanol–water partition coefficient (Wildman–Crippen LogP) is 6.53. The van der Waals surface area contributed by atoms with Crippen molar-refractivity contribution in [2.75, 3.05) is 5.43 Å². The van der Waals surface area contributed by atoms with Crippen LogP contribution in [0, 0.1) is 6.92 Å². The summed E-state index contributed by atoms with van der Waals surface area (Å²) in [6.07, 6.45) is 1.74. The van der Waals surface area contributed by atoms with E-state index >= 15 is 0 Å². The van der Waals surface area contributed by atoms with Crippen LogP contribution in [0.25, 0.3) is 22.5 Å². The summed E-state index contributed by atoms with van der Waals surface area (Å²) in [6, 6.07) is 15.1. The van der Waals surface area contributed by atoms with Gasteiger partial charge in [-0.25, -0.2) is 4.98 Å². The topological polar surface area (TPSA) is 63.3 Å². The number of hydrazone groups is 1. The standard InChI is InChI=1S/C20H14Cl2N4OS/c1-12-18(19(26-27-12)15-8-7-14(21)9-16(15)22)17-11-28-20(24-17)25-23-10-13-5-3-2-4-6-13/h2-11H,1H3,(H,24,25)/b23-10-. The molecule has 0 radical (unpaired) electrons. The Morgan fingerprint density at radius 1 is 1.14 bits per heavy atom. The van der Waals surface area contributed by atoms with Crippen molar-refractivity contribution in [3.05, 3.63) is 75.3 Å². The van der Waals surface area contributed by atoms with E-state index in [2.05, 4.69) is 20.7 Å². The van der Waals surface area contributed by atoms with E-state index < -0.39 is 0 Å². The summed E-state index contributed by atoms with van der Waals surface area (Å²) in [5.41, 5.74) is 6.85. The van der Waals surface area contributed by atoms with Gasteiger partial charge in [0.05, 0.1) is 22.5 Å². The third kappa shape index (κ3) is 3.94. The van der Waals surface area contributed by atoms with Gasteiger partial charge in [-0.2, -0.15) is 5.10 Å². The monoisotopic (exact) mass is 428 g/mol. The highest BCUT2D eigenvalue weighted by atomic mass is 35.5. The van der Waals surface area contributed by atoms with Crippen LogP contribution in [0.3, 0.4) is 0 Å². The molecule has 0 saturated heterocycles. The lowest BCUT2D eigenvalue weighted by Crippen LogP contribution is -1.90. The maximum absolute atomic E-state index is 6.35. The molecule has 1 N–H and O–H groups in total. The van der Waals surface area contributed by atoms with Crippen molar-refractivity contribution in [3.63, 3.8) is 0 Å².